The lowest BCUT2D eigenvalue weighted by molar-refractivity contribution is -0.111. The number of alkyl halides is 1. The predicted molar refractivity (Wildman–Crippen MR) is 91.6 cm³/mol. The topological polar surface area (TPSA) is 94.3 Å². The number of halogens is 1. The van der Waals surface area contributed by atoms with Gasteiger partial charge < -0.3 is 5.73 Å². The zero-order valence-electron chi connectivity index (χ0n) is 12.7. The first-order chi connectivity index (χ1) is 11.3. The van der Waals surface area contributed by atoms with E-state index in [9.17, 15) is 18.0 Å². The molecule has 0 saturated heterocycles. The molecular weight excluding hydrogens is 350 g/mol. The molecule has 0 radical (unpaired) electrons. The Bertz CT molecular complexity index is 833. The van der Waals surface area contributed by atoms with Gasteiger partial charge in [-0.2, -0.15) is 0 Å². The van der Waals surface area contributed by atoms with Crippen molar-refractivity contribution in [3.8, 4) is 0 Å². The molecule has 5 nitrogen and oxygen atoms in total. The lowest BCUT2D eigenvalue weighted by Crippen LogP contribution is -2.25. The molecule has 2 aromatic rings. The average Bonchev–Trinajstić information content (AvgIpc) is 2.59. The van der Waals surface area contributed by atoms with Gasteiger partial charge in [0.2, 0.25) is 15.7 Å². The van der Waals surface area contributed by atoms with Gasteiger partial charge in [-0.1, -0.05) is 30.3 Å². The van der Waals surface area contributed by atoms with E-state index in [0.29, 0.717) is 6.42 Å². The van der Waals surface area contributed by atoms with Crippen LogP contribution in [0.25, 0.3) is 0 Å². The molecule has 2 rings (SSSR count). The van der Waals surface area contributed by atoms with Crippen LogP contribution in [0.15, 0.2) is 59.5 Å². The normalized spacial score (nSPS) is 12.5. The summed E-state index contributed by atoms with van der Waals surface area (Å²) < 4.78 is 24.6. The summed E-state index contributed by atoms with van der Waals surface area (Å²) in [6.45, 7) is 0. The van der Waals surface area contributed by atoms with E-state index in [1.165, 1.54) is 24.3 Å². The number of rotatable bonds is 6. The van der Waals surface area contributed by atoms with Gasteiger partial charge in [0.1, 0.15) is 5.38 Å². The number of nitrogens with two attached hydrogens (primary N) is 1. The molecule has 1 amide bonds. The second kappa shape index (κ2) is 7.59. The minimum absolute atomic E-state index is 0.160. The molecule has 0 aromatic heterocycles. The van der Waals surface area contributed by atoms with Crippen LogP contribution in [0, 0.1) is 0 Å². The minimum Gasteiger partial charge on any atom is -0.366 e. The monoisotopic (exact) mass is 365 g/mol. The second-order valence-electron chi connectivity index (χ2n) is 5.20. The van der Waals surface area contributed by atoms with Crippen molar-refractivity contribution in [2.75, 3.05) is 0 Å². The van der Waals surface area contributed by atoms with Crippen molar-refractivity contribution in [2.45, 2.75) is 23.1 Å². The Morgan fingerprint density at radius 1 is 1.00 bits per heavy atom. The highest BCUT2D eigenvalue weighted by atomic mass is 35.5. The van der Waals surface area contributed by atoms with Gasteiger partial charge in [-0.05, 0) is 42.7 Å². The van der Waals surface area contributed by atoms with Gasteiger partial charge >= 0.3 is 0 Å². The van der Waals surface area contributed by atoms with Crippen molar-refractivity contribution in [1.29, 1.82) is 0 Å². The van der Waals surface area contributed by atoms with Gasteiger partial charge in [0.05, 0.1) is 4.90 Å². The Labute approximate surface area is 145 Å². The number of hydrogen-bond donors (Lipinski definition) is 1. The first-order valence-corrected chi connectivity index (χ1v) is 9.11. The molecule has 0 saturated carbocycles. The maximum absolute atomic E-state index is 12.3. The molecule has 126 valence electrons. The third-order valence-electron chi connectivity index (χ3n) is 3.50. The average molecular weight is 366 g/mol. The molecule has 0 heterocycles. The summed E-state index contributed by atoms with van der Waals surface area (Å²) in [6.07, 6.45) is 0.708. The Morgan fingerprint density at radius 2 is 1.58 bits per heavy atom. The Balaban J connectivity index is 2.10. The summed E-state index contributed by atoms with van der Waals surface area (Å²) in [5.41, 5.74) is 6.23. The van der Waals surface area contributed by atoms with E-state index in [1.807, 2.05) is 30.3 Å². The SMILES string of the molecule is NC(=O)c1ccc(S(=O)(=O)C(=O)C(Cl)CCc2ccccc2)cc1. The summed E-state index contributed by atoms with van der Waals surface area (Å²) in [5.74, 6) is -0.677. The van der Waals surface area contributed by atoms with Crippen molar-refractivity contribution >= 4 is 32.5 Å². The zero-order valence-corrected chi connectivity index (χ0v) is 14.3. The lowest BCUT2D eigenvalue weighted by atomic mass is 10.1. The molecule has 0 aliphatic rings. The largest absolute Gasteiger partial charge is 0.366 e. The van der Waals surface area contributed by atoms with Crippen LogP contribution >= 0.6 is 11.6 Å². The Morgan fingerprint density at radius 3 is 2.12 bits per heavy atom. The van der Waals surface area contributed by atoms with E-state index in [1.54, 1.807) is 0 Å². The number of amides is 1. The summed E-state index contributed by atoms with van der Waals surface area (Å²) in [6, 6.07) is 14.2. The van der Waals surface area contributed by atoms with Crippen molar-refractivity contribution in [3.05, 3.63) is 65.7 Å². The van der Waals surface area contributed by atoms with Gasteiger partial charge in [-0.25, -0.2) is 8.42 Å². The first-order valence-electron chi connectivity index (χ1n) is 7.19. The van der Waals surface area contributed by atoms with Gasteiger partial charge in [-0.15, -0.1) is 11.6 Å². The molecule has 24 heavy (non-hydrogen) atoms. The molecular formula is C17H16ClNO4S. The summed E-state index contributed by atoms with van der Waals surface area (Å²) in [5, 5.41) is -2.20. The molecule has 2 aromatic carbocycles. The van der Waals surface area contributed by atoms with Crippen molar-refractivity contribution in [2.24, 2.45) is 5.73 Å². The Hall–Kier alpha value is -2.18. The van der Waals surface area contributed by atoms with Crippen LogP contribution in [0.2, 0.25) is 0 Å². The molecule has 0 aliphatic heterocycles. The highest BCUT2D eigenvalue weighted by Gasteiger charge is 2.31. The standard InChI is InChI=1S/C17H16ClNO4S/c18-15(11-6-12-4-2-1-3-5-12)17(21)24(22,23)14-9-7-13(8-10-14)16(19)20/h1-5,7-10,15H,6,11H2,(H2,19,20). The fourth-order valence-electron chi connectivity index (χ4n) is 2.14. The second-order valence-corrected chi connectivity index (χ2v) is 7.61. The minimum atomic E-state index is -4.21. The van der Waals surface area contributed by atoms with Gasteiger partial charge in [0.15, 0.2) is 0 Å². The molecule has 1 atom stereocenters. The molecule has 0 aliphatic carbocycles. The van der Waals surface area contributed by atoms with Crippen LogP contribution in [0.3, 0.4) is 0 Å². The van der Waals surface area contributed by atoms with Crippen LogP contribution in [0.1, 0.15) is 22.3 Å². The van der Waals surface area contributed by atoms with Crippen LogP contribution in [0.4, 0.5) is 0 Å². The fourth-order valence-corrected chi connectivity index (χ4v) is 3.78. The molecule has 2 N–H and O–H groups in total. The number of sulfone groups is 1. The summed E-state index contributed by atoms with van der Waals surface area (Å²) in [7, 11) is -4.21. The number of benzene rings is 2. The number of aryl methyl sites for hydroxylation is 1. The van der Waals surface area contributed by atoms with Crippen molar-refractivity contribution < 1.29 is 18.0 Å². The molecule has 1 unspecified atom stereocenters. The number of carbonyl (C=O) groups excluding carboxylic acids is 2. The maximum Gasteiger partial charge on any atom is 0.268 e. The highest BCUT2D eigenvalue weighted by Crippen LogP contribution is 2.19. The molecule has 7 heteroatoms. The number of hydrogen-bond acceptors (Lipinski definition) is 4. The number of primary amides is 1. The maximum atomic E-state index is 12.3. The van der Waals surface area contributed by atoms with E-state index in [2.05, 4.69) is 0 Å². The van der Waals surface area contributed by atoms with E-state index < -0.39 is 26.2 Å². The summed E-state index contributed by atoms with van der Waals surface area (Å²) in [4.78, 5) is 23.0. The quantitative estimate of drug-likeness (QED) is 0.795. The molecule has 0 bridgehead atoms. The van der Waals surface area contributed by atoms with Crippen LogP contribution in [-0.4, -0.2) is 24.8 Å². The van der Waals surface area contributed by atoms with Crippen molar-refractivity contribution in [1.82, 2.24) is 0 Å². The molecule has 0 fully saturated rings. The lowest BCUT2D eigenvalue weighted by Gasteiger charge is -2.10. The molecule has 0 spiro atoms. The zero-order chi connectivity index (χ0) is 17.7. The third kappa shape index (κ3) is 4.21. The van der Waals surface area contributed by atoms with E-state index >= 15 is 0 Å². The third-order valence-corrected chi connectivity index (χ3v) is 5.75. The Kier molecular flexibility index (Phi) is 5.75. The van der Waals surface area contributed by atoms with Crippen LogP contribution in [0.5, 0.6) is 0 Å². The number of carbonyl (C=O) groups is 2. The first kappa shape index (κ1) is 18.2. The van der Waals surface area contributed by atoms with Crippen molar-refractivity contribution in [3.63, 3.8) is 0 Å². The van der Waals surface area contributed by atoms with Gasteiger partial charge in [-0.3, -0.25) is 9.59 Å². The van der Waals surface area contributed by atoms with E-state index in [-0.39, 0.29) is 16.9 Å². The smallest absolute Gasteiger partial charge is 0.268 e. The summed E-state index contributed by atoms with van der Waals surface area (Å²) >= 11 is 5.99. The van der Waals surface area contributed by atoms with Gasteiger partial charge in [0, 0.05) is 5.56 Å². The van der Waals surface area contributed by atoms with Crippen LogP contribution in [-0.2, 0) is 21.1 Å². The van der Waals surface area contributed by atoms with Crippen LogP contribution < -0.4 is 5.73 Å². The predicted octanol–water partition coefficient (Wildman–Crippen LogP) is 2.33. The van der Waals surface area contributed by atoms with E-state index in [4.69, 9.17) is 17.3 Å². The van der Waals surface area contributed by atoms with E-state index in [0.717, 1.165) is 5.56 Å². The highest BCUT2D eigenvalue weighted by molar-refractivity contribution is 8.06. The fraction of sp³-hybridized carbons (Fsp3) is 0.176. The van der Waals surface area contributed by atoms with Gasteiger partial charge in [0.25, 0.3) is 5.12 Å².